The van der Waals surface area contributed by atoms with Crippen molar-refractivity contribution >= 4 is 5.97 Å². The molecule has 5 heteroatoms. The first-order valence-corrected chi connectivity index (χ1v) is 3.83. The first-order chi connectivity index (χ1) is 5.70. The minimum absolute atomic E-state index is 0.129. The molecule has 5 nitrogen and oxygen atoms in total. The van der Waals surface area contributed by atoms with Crippen LogP contribution in [-0.4, -0.2) is 30.3 Å². The molecule has 0 aromatic heterocycles. The molecule has 0 saturated carbocycles. The number of hydrogen-bond donors (Lipinski definition) is 1. The van der Waals surface area contributed by atoms with Gasteiger partial charge in [0.1, 0.15) is 6.54 Å². The van der Waals surface area contributed by atoms with Crippen molar-refractivity contribution in [2.75, 3.05) is 13.2 Å². The number of aliphatic hydroxyl groups excluding tert-OH is 1. The quantitative estimate of drug-likeness (QED) is 0.470. The van der Waals surface area contributed by atoms with E-state index in [1.807, 2.05) is 0 Å². The third kappa shape index (κ3) is 5.79. The Morgan fingerprint density at radius 2 is 2.33 bits per heavy atom. The maximum absolute atomic E-state index is 10.7. The van der Waals surface area contributed by atoms with E-state index in [2.05, 4.69) is 9.91 Å². The Morgan fingerprint density at radius 3 is 2.83 bits per heavy atom. The molecule has 0 aromatic rings. The van der Waals surface area contributed by atoms with Crippen molar-refractivity contribution in [3.63, 3.8) is 0 Å². The van der Waals surface area contributed by atoms with Crippen LogP contribution in [0, 0.1) is 4.91 Å². The second-order valence-corrected chi connectivity index (χ2v) is 2.31. The molecule has 0 amide bonds. The van der Waals surface area contributed by atoms with Crippen LogP contribution in [0.3, 0.4) is 0 Å². The Balaban J connectivity index is 3.39. The summed E-state index contributed by atoms with van der Waals surface area (Å²) in [6, 6.07) is 0. The van der Waals surface area contributed by atoms with Crippen molar-refractivity contribution in [1.82, 2.24) is 0 Å². The fourth-order valence-electron chi connectivity index (χ4n) is 0.695. The highest BCUT2D eigenvalue weighted by Crippen LogP contribution is 1.99. The molecule has 70 valence electrons. The predicted octanol–water partition coefficient (Wildman–Crippen LogP) is 0.457. The van der Waals surface area contributed by atoms with Gasteiger partial charge in [0.15, 0.2) is 0 Å². The van der Waals surface area contributed by atoms with Crippen molar-refractivity contribution < 1.29 is 14.6 Å². The Kier molecular flexibility index (Phi) is 6.18. The summed E-state index contributed by atoms with van der Waals surface area (Å²) in [6.07, 6.45) is -0.471. The van der Waals surface area contributed by atoms with E-state index >= 15 is 0 Å². The number of carbonyl (C=O) groups excluding carboxylic acids is 1. The van der Waals surface area contributed by atoms with Crippen molar-refractivity contribution in [3.05, 3.63) is 4.91 Å². The van der Waals surface area contributed by atoms with Crippen LogP contribution >= 0.6 is 0 Å². The van der Waals surface area contributed by atoms with Gasteiger partial charge in [-0.25, -0.2) is 0 Å². The molecule has 0 rings (SSSR count). The van der Waals surface area contributed by atoms with Crippen LogP contribution < -0.4 is 0 Å². The number of carbonyl (C=O) groups is 1. The second kappa shape index (κ2) is 6.72. The van der Waals surface area contributed by atoms with Crippen LogP contribution in [0.2, 0.25) is 0 Å². The normalized spacial score (nSPS) is 12.2. The molecule has 0 aliphatic heterocycles. The number of nitrogens with zero attached hydrogens (tertiary/aromatic N) is 1. The first kappa shape index (κ1) is 11.0. The van der Waals surface area contributed by atoms with Crippen molar-refractivity contribution in [2.24, 2.45) is 5.18 Å². The smallest absolute Gasteiger partial charge is 0.305 e. The number of rotatable bonds is 6. The number of hydrogen-bond acceptors (Lipinski definition) is 5. The Morgan fingerprint density at radius 1 is 1.67 bits per heavy atom. The van der Waals surface area contributed by atoms with Gasteiger partial charge < -0.3 is 9.84 Å². The molecule has 0 bridgehead atoms. The Hall–Kier alpha value is -0.970. The van der Waals surface area contributed by atoms with Crippen LogP contribution in [0.15, 0.2) is 5.18 Å². The molecule has 1 N–H and O–H groups in total. The maximum atomic E-state index is 10.7. The summed E-state index contributed by atoms with van der Waals surface area (Å²) in [5, 5.41) is 11.5. The first-order valence-electron chi connectivity index (χ1n) is 3.83. The molecule has 1 atom stereocenters. The van der Waals surface area contributed by atoms with Gasteiger partial charge in [0.05, 0.1) is 12.7 Å². The number of nitroso groups, excluding NO2 is 1. The summed E-state index contributed by atoms with van der Waals surface area (Å²) >= 11 is 0. The molecule has 0 saturated heterocycles. The highest BCUT2D eigenvalue weighted by atomic mass is 16.5. The standard InChI is InChI=1S/C7H13NO4/c1-2-12-7(10)4-3-6(9)5-8-11/h6,9H,2-5H2,1H3. The van der Waals surface area contributed by atoms with E-state index in [0.29, 0.717) is 6.61 Å². The van der Waals surface area contributed by atoms with E-state index in [-0.39, 0.29) is 25.4 Å². The minimum Gasteiger partial charge on any atom is -0.466 e. The molecule has 0 heterocycles. The highest BCUT2D eigenvalue weighted by Gasteiger charge is 2.08. The fourth-order valence-corrected chi connectivity index (χ4v) is 0.695. The van der Waals surface area contributed by atoms with Gasteiger partial charge in [0.2, 0.25) is 0 Å². The van der Waals surface area contributed by atoms with E-state index in [0.717, 1.165) is 0 Å². The molecule has 0 radical (unpaired) electrons. The average Bonchev–Trinajstić information content (AvgIpc) is 2.02. The van der Waals surface area contributed by atoms with E-state index in [1.54, 1.807) is 6.92 Å². The summed E-state index contributed by atoms with van der Waals surface area (Å²) in [4.78, 5) is 20.4. The lowest BCUT2D eigenvalue weighted by atomic mass is 10.2. The van der Waals surface area contributed by atoms with Gasteiger partial charge in [-0.1, -0.05) is 5.18 Å². The van der Waals surface area contributed by atoms with Gasteiger partial charge in [-0.05, 0) is 13.3 Å². The molecule has 12 heavy (non-hydrogen) atoms. The van der Waals surface area contributed by atoms with Crippen molar-refractivity contribution in [1.29, 1.82) is 0 Å². The summed E-state index contributed by atoms with van der Waals surface area (Å²) in [5.41, 5.74) is 0. The molecule has 0 aliphatic carbocycles. The summed E-state index contributed by atoms with van der Waals surface area (Å²) < 4.78 is 4.61. The number of ether oxygens (including phenoxy) is 1. The summed E-state index contributed by atoms with van der Waals surface area (Å²) in [6.45, 7) is 1.88. The zero-order valence-electron chi connectivity index (χ0n) is 7.02. The monoisotopic (exact) mass is 175 g/mol. The summed E-state index contributed by atoms with van der Waals surface area (Å²) in [7, 11) is 0. The van der Waals surface area contributed by atoms with E-state index in [1.165, 1.54) is 0 Å². The van der Waals surface area contributed by atoms with Crippen LogP contribution in [0.25, 0.3) is 0 Å². The lowest BCUT2D eigenvalue weighted by Crippen LogP contribution is -2.14. The van der Waals surface area contributed by atoms with E-state index in [9.17, 15) is 9.70 Å². The van der Waals surface area contributed by atoms with Crippen LogP contribution in [0.1, 0.15) is 19.8 Å². The second-order valence-electron chi connectivity index (χ2n) is 2.31. The van der Waals surface area contributed by atoms with Gasteiger partial charge in [0, 0.05) is 6.42 Å². The van der Waals surface area contributed by atoms with Gasteiger partial charge >= 0.3 is 5.97 Å². The minimum atomic E-state index is -0.827. The Bertz CT molecular complexity index is 148. The van der Waals surface area contributed by atoms with E-state index < -0.39 is 6.10 Å². The number of esters is 1. The highest BCUT2D eigenvalue weighted by molar-refractivity contribution is 5.69. The topological polar surface area (TPSA) is 76.0 Å². The third-order valence-electron chi connectivity index (χ3n) is 1.27. The SMILES string of the molecule is CCOC(=O)CCC(O)CN=O. The molecular formula is C7H13NO4. The lowest BCUT2D eigenvalue weighted by Gasteiger charge is -2.04. The predicted molar refractivity (Wildman–Crippen MR) is 42.5 cm³/mol. The molecule has 1 unspecified atom stereocenters. The fraction of sp³-hybridized carbons (Fsp3) is 0.857. The zero-order valence-corrected chi connectivity index (χ0v) is 7.02. The van der Waals surface area contributed by atoms with Crippen LogP contribution in [0.5, 0.6) is 0 Å². The zero-order chi connectivity index (χ0) is 9.40. The van der Waals surface area contributed by atoms with Gasteiger partial charge in [-0.3, -0.25) is 4.79 Å². The number of aliphatic hydroxyl groups is 1. The molecule has 0 aromatic carbocycles. The summed E-state index contributed by atoms with van der Waals surface area (Å²) in [5.74, 6) is -0.359. The lowest BCUT2D eigenvalue weighted by molar-refractivity contribution is -0.143. The van der Waals surface area contributed by atoms with Crippen LogP contribution in [0.4, 0.5) is 0 Å². The van der Waals surface area contributed by atoms with Gasteiger partial charge in [-0.2, -0.15) is 4.91 Å². The largest absolute Gasteiger partial charge is 0.466 e. The van der Waals surface area contributed by atoms with Crippen molar-refractivity contribution in [2.45, 2.75) is 25.9 Å². The van der Waals surface area contributed by atoms with Gasteiger partial charge in [-0.15, -0.1) is 0 Å². The van der Waals surface area contributed by atoms with Gasteiger partial charge in [0.25, 0.3) is 0 Å². The Labute approximate surface area is 70.7 Å². The molecule has 0 aliphatic rings. The average molecular weight is 175 g/mol. The molecule has 0 spiro atoms. The van der Waals surface area contributed by atoms with E-state index in [4.69, 9.17) is 5.11 Å². The molecular weight excluding hydrogens is 162 g/mol. The third-order valence-corrected chi connectivity index (χ3v) is 1.27. The molecule has 0 fully saturated rings. The maximum Gasteiger partial charge on any atom is 0.305 e. The van der Waals surface area contributed by atoms with Crippen molar-refractivity contribution in [3.8, 4) is 0 Å². The van der Waals surface area contributed by atoms with Crippen LogP contribution in [-0.2, 0) is 9.53 Å².